The second-order valence-corrected chi connectivity index (χ2v) is 6.91. The van der Waals surface area contributed by atoms with E-state index < -0.39 is 17.8 Å². The van der Waals surface area contributed by atoms with Crippen LogP contribution in [0.3, 0.4) is 0 Å². The van der Waals surface area contributed by atoms with Crippen molar-refractivity contribution < 1.29 is 24.0 Å². The number of imide groups is 1. The fraction of sp³-hybridized carbons (Fsp3) is 0.0500. The van der Waals surface area contributed by atoms with Crippen molar-refractivity contribution in [1.82, 2.24) is 10.0 Å². The zero-order valence-corrected chi connectivity index (χ0v) is 15.6. The maximum atomic E-state index is 12.2. The summed E-state index contributed by atoms with van der Waals surface area (Å²) < 4.78 is 0. The number of nitrogens with one attached hydrogen (secondary N) is 1. The summed E-state index contributed by atoms with van der Waals surface area (Å²) in [5.41, 5.74) is 1.20. The normalized spacial score (nSPS) is 12.6. The Hall–Kier alpha value is -3.85. The molecule has 144 valence electrons. The van der Waals surface area contributed by atoms with Crippen molar-refractivity contribution in [3.05, 3.63) is 82.4 Å². The lowest BCUT2D eigenvalue weighted by Crippen LogP contribution is -2.33. The van der Waals surface area contributed by atoms with Gasteiger partial charge in [0.25, 0.3) is 17.7 Å². The molecule has 0 fully saturated rings. The van der Waals surface area contributed by atoms with Crippen LogP contribution in [0, 0.1) is 0 Å². The number of carbonyl (C=O) groups is 4. The summed E-state index contributed by atoms with van der Waals surface area (Å²) in [6.07, 6.45) is -0.259. The number of amides is 3. The minimum absolute atomic E-state index is 0.185. The van der Waals surface area contributed by atoms with E-state index in [-0.39, 0.29) is 23.5 Å². The zero-order valence-electron chi connectivity index (χ0n) is 14.8. The van der Waals surface area contributed by atoms with E-state index >= 15 is 0 Å². The summed E-state index contributed by atoms with van der Waals surface area (Å²) in [6.45, 7) is 0. The molecule has 0 radical (unpaired) electrons. The number of nitrogens with zero attached hydrogens (tertiary/aromatic N) is 2. The molecule has 3 aromatic rings. The van der Waals surface area contributed by atoms with E-state index in [2.05, 4.69) is 10.3 Å². The number of hydroxylamine groups is 2. The van der Waals surface area contributed by atoms with Crippen molar-refractivity contribution in [3.8, 4) is 0 Å². The molecule has 9 heteroatoms. The van der Waals surface area contributed by atoms with Crippen molar-refractivity contribution in [3.63, 3.8) is 0 Å². The van der Waals surface area contributed by atoms with E-state index in [4.69, 9.17) is 4.84 Å². The van der Waals surface area contributed by atoms with Crippen LogP contribution in [0.5, 0.6) is 0 Å². The topological polar surface area (TPSA) is 106 Å². The van der Waals surface area contributed by atoms with Gasteiger partial charge in [-0.3, -0.25) is 19.7 Å². The minimum atomic E-state index is -0.814. The summed E-state index contributed by atoms with van der Waals surface area (Å²) in [5.74, 6) is -2.51. The summed E-state index contributed by atoms with van der Waals surface area (Å²) in [6, 6.07) is 14.9. The van der Waals surface area contributed by atoms with Gasteiger partial charge in [-0.2, -0.15) is 0 Å². The number of hydrogen-bond donors (Lipinski definition) is 1. The summed E-state index contributed by atoms with van der Waals surface area (Å²) in [5, 5.41) is 5.01. The van der Waals surface area contributed by atoms with Crippen LogP contribution in [0.2, 0.25) is 0 Å². The van der Waals surface area contributed by atoms with Gasteiger partial charge >= 0.3 is 5.97 Å². The van der Waals surface area contributed by atoms with Crippen LogP contribution in [-0.4, -0.2) is 33.7 Å². The molecule has 0 bridgehead atoms. The van der Waals surface area contributed by atoms with Crippen molar-refractivity contribution in [2.45, 2.75) is 6.42 Å². The molecule has 0 spiro atoms. The molecule has 0 saturated heterocycles. The summed E-state index contributed by atoms with van der Waals surface area (Å²) in [4.78, 5) is 57.9. The first kappa shape index (κ1) is 18.5. The molecule has 3 amide bonds. The van der Waals surface area contributed by atoms with Gasteiger partial charge in [0, 0.05) is 10.9 Å². The highest BCUT2D eigenvalue weighted by molar-refractivity contribution is 7.14. The Bertz CT molecular complexity index is 1090. The van der Waals surface area contributed by atoms with Crippen LogP contribution in [0.4, 0.5) is 5.13 Å². The van der Waals surface area contributed by atoms with Crippen LogP contribution in [0.25, 0.3) is 0 Å². The molecule has 4 rings (SSSR count). The Labute approximate surface area is 168 Å². The molecule has 0 aliphatic carbocycles. The lowest BCUT2D eigenvalue weighted by Gasteiger charge is -2.12. The second-order valence-electron chi connectivity index (χ2n) is 6.05. The van der Waals surface area contributed by atoms with Crippen molar-refractivity contribution in [1.29, 1.82) is 0 Å². The van der Waals surface area contributed by atoms with Crippen LogP contribution < -0.4 is 5.32 Å². The van der Waals surface area contributed by atoms with Crippen LogP contribution in [0.15, 0.2) is 60.0 Å². The molecule has 0 atom stereocenters. The average molecular weight is 407 g/mol. The number of anilines is 1. The fourth-order valence-corrected chi connectivity index (χ4v) is 3.44. The van der Waals surface area contributed by atoms with Crippen LogP contribution in [-0.2, 0) is 16.1 Å². The number of rotatable bonds is 5. The summed E-state index contributed by atoms with van der Waals surface area (Å²) in [7, 11) is 0. The molecule has 1 aromatic heterocycles. The van der Waals surface area contributed by atoms with Gasteiger partial charge in [-0.15, -0.1) is 11.3 Å². The molecule has 1 aliphatic rings. The highest BCUT2D eigenvalue weighted by atomic mass is 32.1. The predicted molar refractivity (Wildman–Crippen MR) is 103 cm³/mol. The number of carbonyl (C=O) groups excluding carboxylic acids is 4. The first-order valence-electron chi connectivity index (χ1n) is 8.52. The first-order valence-corrected chi connectivity index (χ1v) is 9.40. The molecule has 1 N–H and O–H groups in total. The van der Waals surface area contributed by atoms with E-state index in [1.54, 1.807) is 47.8 Å². The fourth-order valence-electron chi connectivity index (χ4n) is 2.74. The standard InChI is InChI=1S/C20H13N3O5S/c24-16(28-23-18(26)14-8-4-5-9-15(14)19(23)27)10-13-11-29-20(21-13)22-17(25)12-6-2-1-3-7-12/h1-9,11H,10H2,(H,21,22,25). The van der Waals surface area contributed by atoms with Gasteiger partial charge in [0.2, 0.25) is 0 Å². The highest BCUT2D eigenvalue weighted by Gasteiger charge is 2.38. The minimum Gasteiger partial charge on any atom is -0.329 e. The molecule has 8 nitrogen and oxygen atoms in total. The monoisotopic (exact) mass is 407 g/mol. The van der Waals surface area contributed by atoms with Gasteiger partial charge in [0.15, 0.2) is 5.13 Å². The van der Waals surface area contributed by atoms with E-state index in [1.165, 1.54) is 12.1 Å². The maximum Gasteiger partial charge on any atom is 0.339 e. The Balaban J connectivity index is 1.37. The quantitative estimate of drug-likeness (QED) is 0.652. The third-order valence-corrected chi connectivity index (χ3v) is 4.89. The molecule has 0 saturated carbocycles. The maximum absolute atomic E-state index is 12.2. The molecule has 2 heterocycles. The Morgan fingerprint density at radius 1 is 0.966 bits per heavy atom. The third-order valence-electron chi connectivity index (χ3n) is 4.08. The van der Waals surface area contributed by atoms with Gasteiger partial charge in [-0.05, 0) is 24.3 Å². The number of hydrogen-bond acceptors (Lipinski definition) is 7. The molecule has 1 aliphatic heterocycles. The molecular weight excluding hydrogens is 394 g/mol. The first-order chi connectivity index (χ1) is 14.0. The Morgan fingerprint density at radius 3 is 2.24 bits per heavy atom. The van der Waals surface area contributed by atoms with Crippen molar-refractivity contribution in [2.24, 2.45) is 0 Å². The molecule has 29 heavy (non-hydrogen) atoms. The lowest BCUT2D eigenvalue weighted by molar-refractivity contribution is -0.167. The van der Waals surface area contributed by atoms with E-state index in [0.717, 1.165) is 11.3 Å². The van der Waals surface area contributed by atoms with Gasteiger partial charge < -0.3 is 4.84 Å². The molecular formula is C20H13N3O5S. The Kier molecular flexibility index (Phi) is 4.88. The van der Waals surface area contributed by atoms with E-state index in [9.17, 15) is 19.2 Å². The third kappa shape index (κ3) is 3.76. The highest BCUT2D eigenvalue weighted by Crippen LogP contribution is 2.23. The predicted octanol–water partition coefficient (Wildman–Crippen LogP) is 2.69. The summed E-state index contributed by atoms with van der Waals surface area (Å²) >= 11 is 1.15. The number of thiazole rings is 1. The smallest absolute Gasteiger partial charge is 0.329 e. The van der Waals surface area contributed by atoms with Gasteiger partial charge in [-0.1, -0.05) is 35.4 Å². The number of aromatic nitrogens is 1. The van der Waals surface area contributed by atoms with Gasteiger partial charge in [-0.25, -0.2) is 9.78 Å². The number of fused-ring (bicyclic) bond motifs is 1. The second kappa shape index (κ2) is 7.64. The zero-order chi connectivity index (χ0) is 20.4. The van der Waals surface area contributed by atoms with Gasteiger partial charge in [0.05, 0.1) is 23.2 Å². The Morgan fingerprint density at radius 2 is 1.59 bits per heavy atom. The van der Waals surface area contributed by atoms with Crippen LogP contribution >= 0.6 is 11.3 Å². The van der Waals surface area contributed by atoms with Gasteiger partial charge in [0.1, 0.15) is 0 Å². The van der Waals surface area contributed by atoms with Crippen molar-refractivity contribution in [2.75, 3.05) is 5.32 Å². The largest absolute Gasteiger partial charge is 0.339 e. The molecule has 2 aromatic carbocycles. The average Bonchev–Trinajstić information content (AvgIpc) is 3.26. The van der Waals surface area contributed by atoms with Crippen LogP contribution in [0.1, 0.15) is 36.8 Å². The SMILES string of the molecule is O=C(Cc1csc(NC(=O)c2ccccc2)n1)ON1C(=O)c2ccccc2C1=O. The molecule has 0 unspecified atom stereocenters. The number of benzene rings is 2. The van der Waals surface area contributed by atoms with E-state index in [0.29, 0.717) is 21.5 Å². The van der Waals surface area contributed by atoms with E-state index in [1.807, 2.05) is 0 Å². The van der Waals surface area contributed by atoms with Crippen molar-refractivity contribution >= 4 is 40.2 Å². The lowest BCUT2D eigenvalue weighted by atomic mass is 10.1.